The van der Waals surface area contributed by atoms with Gasteiger partial charge in [0.1, 0.15) is 5.76 Å². The lowest BCUT2D eigenvalue weighted by Crippen LogP contribution is -2.34. The van der Waals surface area contributed by atoms with Gasteiger partial charge in [0.05, 0.1) is 23.4 Å². The maximum Gasteiger partial charge on any atom is 0.261 e. The third-order valence-corrected chi connectivity index (χ3v) is 3.89. The van der Waals surface area contributed by atoms with Crippen LogP contribution in [-0.4, -0.2) is 34.2 Å². The molecule has 1 N–H and O–H groups in total. The molecule has 0 atom stereocenters. The number of fused-ring (bicyclic) bond motifs is 1. The summed E-state index contributed by atoms with van der Waals surface area (Å²) in [6.45, 7) is 3.82. The van der Waals surface area contributed by atoms with Gasteiger partial charge in [-0.05, 0) is 19.1 Å². The molecule has 0 spiro atoms. The highest BCUT2D eigenvalue weighted by molar-refractivity contribution is 6.21. The second-order valence-electron chi connectivity index (χ2n) is 5.58. The summed E-state index contributed by atoms with van der Waals surface area (Å²) < 4.78 is 5.37. The van der Waals surface area contributed by atoms with E-state index in [-0.39, 0.29) is 37.2 Å². The molecule has 1 aliphatic rings. The average molecular weight is 327 g/mol. The van der Waals surface area contributed by atoms with Crippen LogP contribution >= 0.6 is 0 Å². The van der Waals surface area contributed by atoms with Gasteiger partial charge in [0.25, 0.3) is 11.8 Å². The van der Waals surface area contributed by atoms with E-state index in [9.17, 15) is 14.4 Å². The molecule has 1 aromatic carbocycles. The normalized spacial score (nSPS) is 13.3. The second kappa shape index (κ2) is 6.27. The van der Waals surface area contributed by atoms with Crippen LogP contribution < -0.4 is 5.32 Å². The van der Waals surface area contributed by atoms with Crippen LogP contribution in [0, 0.1) is 13.8 Å². The number of nitrogens with one attached hydrogen (secondary N) is 1. The van der Waals surface area contributed by atoms with Gasteiger partial charge >= 0.3 is 0 Å². The maximum atomic E-state index is 12.2. The molecule has 2 heterocycles. The number of hydrogen-bond donors (Lipinski definition) is 1. The molecule has 3 amide bonds. The molecule has 7 heteroatoms. The zero-order valence-electron chi connectivity index (χ0n) is 13.5. The Kier molecular flexibility index (Phi) is 4.16. The number of rotatable bonds is 5. The SMILES string of the molecule is Cc1nc(C)c(CNC(=O)CCN2C(=O)c3ccccc3C2=O)o1. The van der Waals surface area contributed by atoms with Crippen LogP contribution in [0.3, 0.4) is 0 Å². The Labute approximate surface area is 138 Å². The molecule has 124 valence electrons. The third kappa shape index (κ3) is 2.92. The quantitative estimate of drug-likeness (QED) is 0.842. The molecule has 0 radical (unpaired) electrons. The molecule has 2 aromatic rings. The van der Waals surface area contributed by atoms with E-state index in [1.807, 2.05) is 0 Å². The molecule has 0 aliphatic carbocycles. The van der Waals surface area contributed by atoms with Crippen LogP contribution in [0.25, 0.3) is 0 Å². The van der Waals surface area contributed by atoms with Crippen LogP contribution in [0.4, 0.5) is 0 Å². The van der Waals surface area contributed by atoms with E-state index in [2.05, 4.69) is 10.3 Å². The number of amides is 3. The van der Waals surface area contributed by atoms with E-state index in [1.54, 1.807) is 38.1 Å². The van der Waals surface area contributed by atoms with Crippen molar-refractivity contribution in [1.82, 2.24) is 15.2 Å². The minimum Gasteiger partial charge on any atom is -0.444 e. The lowest BCUT2D eigenvalue weighted by molar-refractivity contribution is -0.121. The fourth-order valence-electron chi connectivity index (χ4n) is 2.66. The lowest BCUT2D eigenvalue weighted by Gasteiger charge is -2.13. The van der Waals surface area contributed by atoms with Crippen LogP contribution in [0.15, 0.2) is 28.7 Å². The number of benzene rings is 1. The van der Waals surface area contributed by atoms with Crippen molar-refractivity contribution in [2.45, 2.75) is 26.8 Å². The van der Waals surface area contributed by atoms with Gasteiger partial charge in [0.2, 0.25) is 5.91 Å². The van der Waals surface area contributed by atoms with Gasteiger partial charge in [0, 0.05) is 19.9 Å². The monoisotopic (exact) mass is 327 g/mol. The molecule has 3 rings (SSSR count). The topological polar surface area (TPSA) is 92.5 Å². The first-order chi connectivity index (χ1) is 11.5. The summed E-state index contributed by atoms with van der Waals surface area (Å²) in [4.78, 5) is 41.6. The first kappa shape index (κ1) is 15.9. The summed E-state index contributed by atoms with van der Waals surface area (Å²) in [5, 5.41) is 2.71. The molecule has 1 aromatic heterocycles. The molecule has 0 saturated carbocycles. The standard InChI is InChI=1S/C17H17N3O4/c1-10-14(24-11(2)19-10)9-18-15(21)7-8-20-16(22)12-5-3-4-6-13(12)17(20)23/h3-6H,7-9H2,1-2H3,(H,18,21). The molecule has 24 heavy (non-hydrogen) atoms. The molecule has 0 fully saturated rings. The van der Waals surface area contributed by atoms with Crippen LogP contribution in [0.1, 0.15) is 44.5 Å². The van der Waals surface area contributed by atoms with Crippen molar-refractivity contribution < 1.29 is 18.8 Å². The zero-order valence-corrected chi connectivity index (χ0v) is 13.5. The first-order valence-corrected chi connectivity index (χ1v) is 7.62. The minimum atomic E-state index is -0.356. The van der Waals surface area contributed by atoms with Gasteiger partial charge in [-0.25, -0.2) is 4.98 Å². The highest BCUT2D eigenvalue weighted by Gasteiger charge is 2.34. The Bertz CT molecular complexity index is 790. The smallest absolute Gasteiger partial charge is 0.261 e. The summed E-state index contributed by atoms with van der Waals surface area (Å²) in [5.41, 5.74) is 1.50. The molecule has 1 aliphatic heterocycles. The van der Waals surface area contributed by atoms with Gasteiger partial charge in [-0.3, -0.25) is 19.3 Å². The first-order valence-electron chi connectivity index (χ1n) is 7.62. The number of oxazole rings is 1. The fourth-order valence-corrected chi connectivity index (χ4v) is 2.66. The van der Waals surface area contributed by atoms with Crippen LogP contribution in [0.5, 0.6) is 0 Å². The molecule has 0 unspecified atom stereocenters. The third-order valence-electron chi connectivity index (χ3n) is 3.89. The number of aromatic nitrogens is 1. The highest BCUT2D eigenvalue weighted by atomic mass is 16.4. The summed E-state index contributed by atoms with van der Waals surface area (Å²) >= 11 is 0. The number of aryl methyl sites for hydroxylation is 2. The summed E-state index contributed by atoms with van der Waals surface area (Å²) in [7, 11) is 0. The van der Waals surface area contributed by atoms with E-state index < -0.39 is 0 Å². The molecular weight excluding hydrogens is 310 g/mol. The molecule has 0 bridgehead atoms. The Morgan fingerprint density at radius 3 is 2.33 bits per heavy atom. The number of hydrogen-bond acceptors (Lipinski definition) is 5. The maximum absolute atomic E-state index is 12.2. The molecule has 7 nitrogen and oxygen atoms in total. The molecule has 0 saturated heterocycles. The van der Waals surface area contributed by atoms with Crippen LogP contribution in [-0.2, 0) is 11.3 Å². The van der Waals surface area contributed by atoms with E-state index in [1.165, 1.54) is 0 Å². The van der Waals surface area contributed by atoms with E-state index in [4.69, 9.17) is 4.42 Å². The van der Waals surface area contributed by atoms with E-state index in [0.29, 0.717) is 22.8 Å². The van der Waals surface area contributed by atoms with E-state index >= 15 is 0 Å². The predicted molar refractivity (Wildman–Crippen MR) is 84.2 cm³/mol. The van der Waals surface area contributed by atoms with Crippen molar-refractivity contribution in [3.63, 3.8) is 0 Å². The van der Waals surface area contributed by atoms with Crippen molar-refractivity contribution in [3.8, 4) is 0 Å². The van der Waals surface area contributed by atoms with Gasteiger partial charge in [-0.1, -0.05) is 12.1 Å². The Hall–Kier alpha value is -2.96. The van der Waals surface area contributed by atoms with Crippen LogP contribution in [0.2, 0.25) is 0 Å². The van der Waals surface area contributed by atoms with Crippen molar-refractivity contribution in [2.75, 3.05) is 6.54 Å². The van der Waals surface area contributed by atoms with Crippen molar-refractivity contribution in [2.24, 2.45) is 0 Å². The molecular formula is C17H17N3O4. The minimum absolute atomic E-state index is 0.0393. The number of imide groups is 1. The summed E-state index contributed by atoms with van der Waals surface area (Å²) in [5.74, 6) is 0.166. The Balaban J connectivity index is 1.55. The van der Waals surface area contributed by atoms with Gasteiger partial charge in [0.15, 0.2) is 5.89 Å². The Morgan fingerprint density at radius 2 is 1.79 bits per heavy atom. The number of nitrogens with zero attached hydrogens (tertiary/aromatic N) is 2. The van der Waals surface area contributed by atoms with Crippen molar-refractivity contribution in [1.29, 1.82) is 0 Å². The van der Waals surface area contributed by atoms with Gasteiger partial charge in [-0.15, -0.1) is 0 Å². The Morgan fingerprint density at radius 1 is 1.17 bits per heavy atom. The largest absolute Gasteiger partial charge is 0.444 e. The van der Waals surface area contributed by atoms with Crippen molar-refractivity contribution >= 4 is 17.7 Å². The average Bonchev–Trinajstić information content (AvgIpc) is 3.01. The van der Waals surface area contributed by atoms with Gasteiger partial charge in [-0.2, -0.15) is 0 Å². The van der Waals surface area contributed by atoms with Crippen molar-refractivity contribution in [3.05, 3.63) is 52.7 Å². The number of carbonyl (C=O) groups is 3. The predicted octanol–water partition coefficient (Wildman–Crippen LogP) is 1.59. The van der Waals surface area contributed by atoms with Gasteiger partial charge < -0.3 is 9.73 Å². The second-order valence-corrected chi connectivity index (χ2v) is 5.58. The highest BCUT2D eigenvalue weighted by Crippen LogP contribution is 2.22. The van der Waals surface area contributed by atoms with E-state index in [0.717, 1.165) is 10.6 Å². The fraction of sp³-hybridized carbons (Fsp3) is 0.294. The summed E-state index contributed by atoms with van der Waals surface area (Å²) in [6.07, 6.45) is 0.0393. The summed E-state index contributed by atoms with van der Waals surface area (Å²) in [6, 6.07) is 6.65. The lowest BCUT2D eigenvalue weighted by atomic mass is 10.1. The zero-order chi connectivity index (χ0) is 17.3. The number of carbonyl (C=O) groups excluding carboxylic acids is 3.